The number of alkyl halides is 21. The second kappa shape index (κ2) is 10.4. The highest BCUT2D eigenvalue weighted by Crippen LogP contribution is 2.62. The topological polar surface area (TPSA) is 35.5 Å². The molecule has 228 valence electrons. The van der Waals surface area contributed by atoms with Gasteiger partial charge in [0.25, 0.3) is 0 Å². The molecule has 0 aliphatic rings. The molecule has 0 N–H and O–H groups in total. The first-order valence-corrected chi connectivity index (χ1v) is 9.26. The number of hydrogen-bond donors (Lipinski definition) is 0. The van der Waals surface area contributed by atoms with Crippen molar-refractivity contribution in [3.63, 3.8) is 0 Å². The van der Waals surface area contributed by atoms with E-state index in [-0.39, 0.29) is 0 Å². The summed E-state index contributed by atoms with van der Waals surface area (Å²) in [5.74, 6) is -61.8. The van der Waals surface area contributed by atoms with E-state index in [1.54, 1.807) is 0 Å². The summed E-state index contributed by atoms with van der Waals surface area (Å²) in [6, 6.07) is 0. The van der Waals surface area contributed by atoms with Crippen molar-refractivity contribution >= 4 is 22.1 Å². The van der Waals surface area contributed by atoms with Crippen LogP contribution in [-0.4, -0.2) is 78.0 Å². The maximum atomic E-state index is 13.5. The summed E-state index contributed by atoms with van der Waals surface area (Å²) in [5.41, 5.74) is 0. The SMILES string of the molecule is O=C(OCCC(F)(F)C(F)(F)Br)OCC(F)(F)C(F)(F)C(F)(F)C(F)(F)C(F)(F)C(F)(F)C(F)(F)C(F)F. The van der Waals surface area contributed by atoms with Gasteiger partial charge < -0.3 is 9.47 Å². The highest BCUT2D eigenvalue weighted by molar-refractivity contribution is 9.10. The van der Waals surface area contributed by atoms with Crippen LogP contribution in [0.3, 0.4) is 0 Å². The van der Waals surface area contributed by atoms with Crippen molar-refractivity contribution < 1.29 is 102 Å². The monoisotopic (exact) mass is 682 g/mol. The third-order valence-corrected chi connectivity index (χ3v) is 4.73. The van der Waals surface area contributed by atoms with Crippen LogP contribution in [-0.2, 0) is 9.47 Å². The van der Waals surface area contributed by atoms with Gasteiger partial charge in [0.2, 0.25) is 0 Å². The lowest BCUT2D eigenvalue weighted by Crippen LogP contribution is -2.74. The molecule has 0 fully saturated rings. The lowest BCUT2D eigenvalue weighted by Gasteiger charge is -2.42. The van der Waals surface area contributed by atoms with Crippen LogP contribution in [0.5, 0.6) is 0 Å². The molecule has 38 heavy (non-hydrogen) atoms. The molecule has 24 heteroatoms. The minimum Gasteiger partial charge on any atom is -0.434 e. The molecule has 0 bridgehead atoms. The van der Waals surface area contributed by atoms with Crippen molar-refractivity contribution in [3.8, 4) is 0 Å². The Morgan fingerprint density at radius 3 is 1.32 bits per heavy atom. The molecule has 0 aliphatic carbocycles. The zero-order chi connectivity index (χ0) is 31.2. The van der Waals surface area contributed by atoms with Gasteiger partial charge in [-0.25, -0.2) is 13.6 Å². The van der Waals surface area contributed by atoms with Gasteiger partial charge in [-0.2, -0.15) is 79.0 Å². The van der Waals surface area contributed by atoms with Gasteiger partial charge in [0, 0.05) is 0 Å². The van der Waals surface area contributed by atoms with Crippen LogP contribution in [0.4, 0.5) is 92.6 Å². The van der Waals surface area contributed by atoms with Crippen molar-refractivity contribution in [3.05, 3.63) is 0 Å². The second-order valence-corrected chi connectivity index (χ2v) is 7.84. The lowest BCUT2D eigenvalue weighted by atomic mass is 9.89. The summed E-state index contributed by atoms with van der Waals surface area (Å²) in [6.07, 6.45) is -11.0. The molecule has 0 saturated carbocycles. The van der Waals surface area contributed by atoms with Crippen molar-refractivity contribution in [2.24, 2.45) is 0 Å². The highest BCUT2D eigenvalue weighted by Gasteiger charge is 2.93. The van der Waals surface area contributed by atoms with Crippen LogP contribution < -0.4 is 0 Å². The molecule has 0 aromatic heterocycles. The first-order valence-electron chi connectivity index (χ1n) is 8.46. The van der Waals surface area contributed by atoms with Gasteiger partial charge >= 0.3 is 64.8 Å². The summed E-state index contributed by atoms with van der Waals surface area (Å²) < 4.78 is 267. The smallest absolute Gasteiger partial charge is 0.434 e. The average molecular weight is 683 g/mol. The molecule has 0 unspecified atom stereocenters. The van der Waals surface area contributed by atoms with E-state index < -0.39 is 84.4 Å². The largest absolute Gasteiger partial charge is 0.508 e. The van der Waals surface area contributed by atoms with E-state index >= 15 is 0 Å². The third kappa shape index (κ3) is 5.92. The number of rotatable bonds is 13. The van der Waals surface area contributed by atoms with E-state index in [2.05, 4.69) is 9.47 Å². The van der Waals surface area contributed by atoms with Crippen LogP contribution in [0, 0.1) is 0 Å². The molecule has 0 spiro atoms. The summed E-state index contributed by atoms with van der Waals surface area (Å²) in [4.78, 5) is 5.93. The molecule has 0 saturated heterocycles. The predicted octanol–water partition coefficient (Wildman–Crippen LogP) is 7.86. The Balaban J connectivity index is 5.89. The Morgan fingerprint density at radius 1 is 0.579 bits per heavy atom. The molecule has 0 aromatic carbocycles. The first kappa shape index (κ1) is 36.4. The number of halogens is 21. The van der Waals surface area contributed by atoms with Crippen molar-refractivity contribution in [2.75, 3.05) is 13.2 Å². The minimum atomic E-state index is -8.66. The van der Waals surface area contributed by atoms with E-state index in [0.29, 0.717) is 0 Å². The fraction of sp³-hybridized carbons (Fsp3) is 0.929. The molecule has 3 nitrogen and oxygen atoms in total. The summed E-state index contributed by atoms with van der Waals surface area (Å²) in [7, 11) is 0. The summed E-state index contributed by atoms with van der Waals surface area (Å²) in [5, 5.41) is 0. The molecule has 0 amide bonds. The van der Waals surface area contributed by atoms with Crippen LogP contribution in [0.1, 0.15) is 6.42 Å². The number of carbonyl (C=O) groups excluding carboxylic acids is 1. The van der Waals surface area contributed by atoms with Gasteiger partial charge in [-0.05, 0) is 15.9 Å². The van der Waals surface area contributed by atoms with E-state index in [0.717, 1.165) is 0 Å². The number of carbonyl (C=O) groups is 1. The van der Waals surface area contributed by atoms with Crippen molar-refractivity contribution in [1.29, 1.82) is 0 Å². The Morgan fingerprint density at radius 2 is 0.947 bits per heavy atom. The zero-order valence-corrected chi connectivity index (χ0v) is 18.4. The second-order valence-electron chi connectivity index (χ2n) is 6.84. The van der Waals surface area contributed by atoms with Crippen LogP contribution >= 0.6 is 15.9 Å². The maximum absolute atomic E-state index is 13.5. The number of ether oxygens (including phenoxy) is 2. The van der Waals surface area contributed by atoms with Gasteiger partial charge in [-0.15, -0.1) is 0 Å². The molecule has 0 aromatic rings. The fourth-order valence-electron chi connectivity index (χ4n) is 1.85. The molecule has 0 heterocycles. The Labute approximate surface area is 203 Å². The van der Waals surface area contributed by atoms with Crippen LogP contribution in [0.15, 0.2) is 0 Å². The molecular weight excluding hydrogens is 676 g/mol. The first-order chi connectivity index (χ1) is 16.3. The van der Waals surface area contributed by atoms with Gasteiger partial charge in [0.05, 0.1) is 6.42 Å². The zero-order valence-electron chi connectivity index (χ0n) is 16.9. The molecule has 0 aliphatic heterocycles. The van der Waals surface area contributed by atoms with Crippen LogP contribution in [0.25, 0.3) is 0 Å². The predicted molar refractivity (Wildman–Crippen MR) is 81.4 cm³/mol. The van der Waals surface area contributed by atoms with E-state index in [1.807, 2.05) is 0 Å². The minimum absolute atomic E-state index is 1.18. The molecule has 0 atom stereocenters. The lowest BCUT2D eigenvalue weighted by molar-refractivity contribution is -0.447. The van der Waals surface area contributed by atoms with Gasteiger partial charge in [0.1, 0.15) is 6.61 Å². The third-order valence-electron chi connectivity index (χ3n) is 4.15. The van der Waals surface area contributed by atoms with E-state index in [1.165, 1.54) is 15.9 Å². The van der Waals surface area contributed by atoms with Crippen LogP contribution in [0.2, 0.25) is 0 Å². The van der Waals surface area contributed by atoms with Gasteiger partial charge in [-0.3, -0.25) is 0 Å². The fourth-order valence-corrected chi connectivity index (χ4v) is 2.05. The summed E-state index contributed by atoms with van der Waals surface area (Å²) in [6.45, 7) is -5.52. The van der Waals surface area contributed by atoms with Gasteiger partial charge in [0.15, 0.2) is 6.61 Å². The quantitative estimate of drug-likeness (QED) is 0.113. The Kier molecular flexibility index (Phi) is 9.94. The van der Waals surface area contributed by atoms with E-state index in [4.69, 9.17) is 0 Å². The maximum Gasteiger partial charge on any atom is 0.508 e. The van der Waals surface area contributed by atoms with Gasteiger partial charge in [-0.1, -0.05) is 0 Å². The molecule has 0 radical (unpaired) electrons. The molecule has 0 rings (SSSR count). The molecular formula is C14H7BrF20O3. The standard InChI is InChI=1S/C14H7BrF20O3/c15-14(34,35)6(18,19)1-2-37-5(36)38-3-7(20,21)9(24,25)11(28,29)13(32,33)12(30,31)10(26,27)8(22,23)4(16)17/h4H,1-3H2. The van der Waals surface area contributed by atoms with Crippen molar-refractivity contribution in [2.45, 2.75) is 65.1 Å². The Hall–Kier alpha value is -1.65. The Bertz CT molecular complexity index is 835. The summed E-state index contributed by atoms with van der Waals surface area (Å²) >= 11 is 1.18. The number of hydrogen-bond acceptors (Lipinski definition) is 3. The highest BCUT2D eigenvalue weighted by atomic mass is 79.9. The normalized spacial score (nSPS) is 15.6. The van der Waals surface area contributed by atoms with E-state index in [9.17, 15) is 92.6 Å². The van der Waals surface area contributed by atoms with Crippen molar-refractivity contribution in [1.82, 2.24) is 0 Å². The average Bonchev–Trinajstić information content (AvgIpc) is 2.70.